The molecule has 0 spiro atoms. The van der Waals surface area contributed by atoms with Crippen LogP contribution in [0, 0.1) is 0 Å². The Morgan fingerprint density at radius 1 is 1.08 bits per heavy atom. The Morgan fingerprint density at radius 3 is 2.31 bits per heavy atom. The van der Waals surface area contributed by atoms with Crippen LogP contribution in [-0.4, -0.2) is 92.8 Å². The number of rotatable bonds is 16. The van der Waals surface area contributed by atoms with Crippen LogP contribution in [0.25, 0.3) is 0 Å². The van der Waals surface area contributed by atoms with Crippen LogP contribution in [0.15, 0.2) is 6.20 Å². The largest absolute Gasteiger partial charge is 0.447 e. The van der Waals surface area contributed by atoms with Gasteiger partial charge in [-0.3, -0.25) is 0 Å². The van der Waals surface area contributed by atoms with Crippen molar-refractivity contribution in [1.82, 2.24) is 20.3 Å². The summed E-state index contributed by atoms with van der Waals surface area (Å²) in [7, 11) is 1.62. The summed E-state index contributed by atoms with van der Waals surface area (Å²) in [6, 6.07) is 0. The maximum atomic E-state index is 11.5. The van der Waals surface area contributed by atoms with Gasteiger partial charge in [0.1, 0.15) is 12.3 Å². The summed E-state index contributed by atoms with van der Waals surface area (Å²) in [6.07, 6.45) is 1.08. The van der Waals surface area contributed by atoms with Gasteiger partial charge in [0.2, 0.25) is 0 Å². The lowest BCUT2D eigenvalue weighted by Gasteiger charge is -2.08. The number of aromatic nitrogens is 3. The molecule has 0 atom stereocenters. The fraction of sp³-hybridized carbons (Fsp3) is 0.800. The molecule has 0 aliphatic rings. The number of amides is 1. The van der Waals surface area contributed by atoms with Crippen molar-refractivity contribution < 1.29 is 33.6 Å². The molecule has 1 heterocycles. The molecule has 11 heteroatoms. The number of alkyl carbamates (subject to hydrolysis) is 1. The molecule has 0 aromatic carbocycles. The molecule has 150 valence electrons. The zero-order chi connectivity index (χ0) is 18.9. The molecule has 0 unspecified atom stereocenters. The van der Waals surface area contributed by atoms with Gasteiger partial charge in [0.15, 0.2) is 0 Å². The molecule has 0 fully saturated rings. The number of carbonyl (C=O) groups excluding carboxylic acids is 1. The molecule has 0 saturated carbocycles. The number of aliphatic hydroxyl groups excluding tert-OH is 1. The van der Waals surface area contributed by atoms with Gasteiger partial charge in [0, 0.05) is 7.11 Å². The molecule has 0 radical (unpaired) electrons. The maximum Gasteiger partial charge on any atom is 0.407 e. The first kappa shape index (κ1) is 22.3. The van der Waals surface area contributed by atoms with E-state index < -0.39 is 6.09 Å². The van der Waals surface area contributed by atoms with E-state index in [2.05, 4.69) is 15.6 Å². The molecule has 1 amide bonds. The Labute approximate surface area is 152 Å². The number of nitrogens with zero attached hydrogens (tertiary/aromatic N) is 3. The van der Waals surface area contributed by atoms with Crippen LogP contribution >= 0.6 is 0 Å². The zero-order valence-corrected chi connectivity index (χ0v) is 15.1. The Kier molecular flexibility index (Phi) is 13.2. The fourth-order valence-electron chi connectivity index (χ4n) is 1.72. The van der Waals surface area contributed by atoms with Crippen molar-refractivity contribution in [3.8, 4) is 0 Å². The lowest BCUT2D eigenvalue weighted by molar-refractivity contribution is -0.00230. The maximum absolute atomic E-state index is 11.5. The minimum atomic E-state index is -0.560. The summed E-state index contributed by atoms with van der Waals surface area (Å²) in [5, 5.41) is 19.0. The lowest BCUT2D eigenvalue weighted by atomic mass is 10.5. The minimum Gasteiger partial charge on any atom is -0.447 e. The van der Waals surface area contributed by atoms with Crippen LogP contribution in [0.3, 0.4) is 0 Å². The second kappa shape index (κ2) is 15.5. The number of hydrogen-bond donors (Lipinski definition) is 2. The molecule has 11 nitrogen and oxygen atoms in total. The molecule has 0 aliphatic heterocycles. The van der Waals surface area contributed by atoms with Gasteiger partial charge in [-0.25, -0.2) is 9.48 Å². The predicted molar refractivity (Wildman–Crippen MR) is 89.6 cm³/mol. The third-order valence-corrected chi connectivity index (χ3v) is 2.97. The summed E-state index contributed by atoms with van der Waals surface area (Å²) in [5.41, 5.74) is 0.579. The second-order valence-electron chi connectivity index (χ2n) is 5.02. The predicted octanol–water partition coefficient (Wildman–Crippen LogP) is -0.807. The monoisotopic (exact) mass is 376 g/mol. The molecule has 0 bridgehead atoms. The molecular weight excluding hydrogens is 348 g/mol. The summed E-state index contributed by atoms with van der Waals surface area (Å²) >= 11 is 0. The van der Waals surface area contributed by atoms with Gasteiger partial charge < -0.3 is 34.1 Å². The van der Waals surface area contributed by atoms with Gasteiger partial charge in [0.25, 0.3) is 0 Å². The zero-order valence-electron chi connectivity index (χ0n) is 15.1. The van der Waals surface area contributed by atoms with Gasteiger partial charge in [0.05, 0.1) is 72.1 Å². The molecule has 1 rings (SSSR count). The van der Waals surface area contributed by atoms with Crippen LogP contribution in [0.1, 0.15) is 5.69 Å². The quantitative estimate of drug-likeness (QED) is 0.356. The molecular formula is C15H28N4O7. The highest BCUT2D eigenvalue weighted by Crippen LogP contribution is 1.93. The molecule has 26 heavy (non-hydrogen) atoms. The van der Waals surface area contributed by atoms with Gasteiger partial charge in [-0.2, -0.15) is 0 Å². The van der Waals surface area contributed by atoms with E-state index in [0.717, 1.165) is 0 Å². The van der Waals surface area contributed by atoms with Crippen molar-refractivity contribution in [2.45, 2.75) is 13.1 Å². The van der Waals surface area contributed by atoms with E-state index in [1.165, 1.54) is 4.68 Å². The van der Waals surface area contributed by atoms with Crippen LogP contribution in [0.5, 0.6) is 0 Å². The summed E-state index contributed by atoms with van der Waals surface area (Å²) in [4.78, 5) is 11.5. The minimum absolute atomic E-state index is 0.0223. The first-order chi connectivity index (χ1) is 12.8. The number of carbonyl (C=O) groups is 1. The fourth-order valence-corrected chi connectivity index (χ4v) is 1.72. The molecule has 0 aliphatic carbocycles. The Hall–Kier alpha value is -1.79. The normalized spacial score (nSPS) is 10.8. The van der Waals surface area contributed by atoms with Crippen LogP contribution in [0.2, 0.25) is 0 Å². The standard InChI is InChI=1S/C15H28N4O7/c1-22-4-5-23-6-7-24-8-9-25-10-11-26-15(21)16-12-14-13-19(2-3-20)18-17-14/h13,20H,2-12H2,1H3,(H,16,21). The van der Waals surface area contributed by atoms with E-state index in [1.54, 1.807) is 13.3 Å². The van der Waals surface area contributed by atoms with Crippen molar-refractivity contribution in [3.05, 3.63) is 11.9 Å². The molecule has 1 aromatic rings. The highest BCUT2D eigenvalue weighted by molar-refractivity contribution is 5.66. The third-order valence-electron chi connectivity index (χ3n) is 2.97. The highest BCUT2D eigenvalue weighted by atomic mass is 16.6. The van der Waals surface area contributed by atoms with Gasteiger partial charge in [-0.05, 0) is 0 Å². The smallest absolute Gasteiger partial charge is 0.407 e. The van der Waals surface area contributed by atoms with E-state index in [0.29, 0.717) is 51.9 Å². The van der Waals surface area contributed by atoms with Gasteiger partial charge >= 0.3 is 6.09 Å². The topological polar surface area (TPSA) is 126 Å². The number of ether oxygens (including phenoxy) is 5. The summed E-state index contributed by atoms with van der Waals surface area (Å²) in [6.45, 7) is 3.96. The Bertz CT molecular complexity index is 473. The molecule has 1 aromatic heterocycles. The van der Waals surface area contributed by atoms with E-state index in [1.807, 2.05) is 0 Å². The second-order valence-corrected chi connectivity index (χ2v) is 5.02. The van der Waals surface area contributed by atoms with Crippen molar-refractivity contribution in [1.29, 1.82) is 0 Å². The highest BCUT2D eigenvalue weighted by Gasteiger charge is 2.05. The van der Waals surface area contributed by atoms with Crippen LogP contribution < -0.4 is 5.32 Å². The van der Waals surface area contributed by atoms with Crippen LogP contribution in [-0.2, 0) is 36.8 Å². The van der Waals surface area contributed by atoms with E-state index in [9.17, 15) is 4.79 Å². The number of hydrogen-bond acceptors (Lipinski definition) is 9. The van der Waals surface area contributed by atoms with Crippen molar-refractivity contribution >= 4 is 6.09 Å². The first-order valence-electron chi connectivity index (χ1n) is 8.39. The Balaban J connectivity index is 1.87. The SMILES string of the molecule is COCCOCCOCCOCCOC(=O)NCc1cn(CCO)nn1. The van der Waals surface area contributed by atoms with E-state index in [-0.39, 0.29) is 26.4 Å². The number of aliphatic hydroxyl groups is 1. The average Bonchev–Trinajstić information content (AvgIpc) is 3.09. The van der Waals surface area contributed by atoms with Crippen molar-refractivity contribution in [2.24, 2.45) is 0 Å². The van der Waals surface area contributed by atoms with Gasteiger partial charge in [-0.1, -0.05) is 5.21 Å². The van der Waals surface area contributed by atoms with Gasteiger partial charge in [-0.15, -0.1) is 5.10 Å². The molecule has 2 N–H and O–H groups in total. The van der Waals surface area contributed by atoms with E-state index >= 15 is 0 Å². The average molecular weight is 376 g/mol. The number of methoxy groups -OCH3 is 1. The third kappa shape index (κ3) is 11.7. The number of nitrogens with one attached hydrogen (secondary N) is 1. The Morgan fingerprint density at radius 2 is 1.69 bits per heavy atom. The van der Waals surface area contributed by atoms with Crippen LogP contribution in [0.4, 0.5) is 4.79 Å². The molecule has 0 saturated heterocycles. The first-order valence-corrected chi connectivity index (χ1v) is 8.39. The van der Waals surface area contributed by atoms with Crippen molar-refractivity contribution in [3.63, 3.8) is 0 Å². The van der Waals surface area contributed by atoms with Crippen molar-refractivity contribution in [2.75, 3.05) is 66.6 Å². The summed E-state index contributed by atoms with van der Waals surface area (Å²) < 4.78 is 27.1. The summed E-state index contributed by atoms with van der Waals surface area (Å²) in [5.74, 6) is 0. The van der Waals surface area contributed by atoms with E-state index in [4.69, 9.17) is 28.8 Å². The lowest BCUT2D eigenvalue weighted by Crippen LogP contribution is -2.25.